The first-order valence-corrected chi connectivity index (χ1v) is 10.0. The monoisotopic (exact) mass is 442 g/mol. The Labute approximate surface area is 182 Å². The van der Waals surface area contributed by atoms with Crippen LogP contribution >= 0.6 is 0 Å². The quantitative estimate of drug-likeness (QED) is 0.621. The summed E-state index contributed by atoms with van der Waals surface area (Å²) in [4.78, 5) is 31.7. The fourth-order valence-corrected chi connectivity index (χ4v) is 3.93. The molecule has 0 spiro atoms. The number of amides is 2. The Hall–Kier alpha value is -3.62. The number of aromatic nitrogens is 2. The van der Waals surface area contributed by atoms with Crippen LogP contribution in [0.3, 0.4) is 0 Å². The molecule has 2 aromatic heterocycles. The molecular weight excluding hydrogens is 421 g/mol. The van der Waals surface area contributed by atoms with Gasteiger partial charge in [-0.15, -0.1) is 0 Å². The van der Waals surface area contributed by atoms with Gasteiger partial charge in [-0.05, 0) is 62.2 Å². The van der Waals surface area contributed by atoms with E-state index in [0.717, 1.165) is 11.6 Å². The molecule has 32 heavy (non-hydrogen) atoms. The topological polar surface area (TPSA) is 67.2 Å². The van der Waals surface area contributed by atoms with Gasteiger partial charge in [0.25, 0.3) is 11.8 Å². The molecule has 0 fully saturated rings. The smallest absolute Gasteiger partial charge is 0.338 e. The second kappa shape index (κ2) is 7.81. The van der Waals surface area contributed by atoms with E-state index in [2.05, 4.69) is 10.3 Å². The molecule has 0 bridgehead atoms. The van der Waals surface area contributed by atoms with Gasteiger partial charge in [-0.25, -0.2) is 0 Å². The van der Waals surface area contributed by atoms with Crippen LogP contribution in [0.2, 0.25) is 0 Å². The molecule has 0 unspecified atom stereocenters. The van der Waals surface area contributed by atoms with Crippen molar-refractivity contribution in [1.29, 1.82) is 0 Å². The highest BCUT2D eigenvalue weighted by atomic mass is 19.4. The summed E-state index contributed by atoms with van der Waals surface area (Å²) in [6, 6.07) is 6.78. The van der Waals surface area contributed by atoms with Crippen LogP contribution in [0.15, 0.2) is 48.9 Å². The van der Waals surface area contributed by atoms with Crippen molar-refractivity contribution in [3.05, 3.63) is 76.9 Å². The lowest BCUT2D eigenvalue weighted by Crippen LogP contribution is -2.43. The number of nitrogens with zero attached hydrogens (tertiary/aromatic N) is 3. The third-order valence-electron chi connectivity index (χ3n) is 5.64. The largest absolute Gasteiger partial charge is 0.416 e. The van der Waals surface area contributed by atoms with Gasteiger partial charge < -0.3 is 14.8 Å². The van der Waals surface area contributed by atoms with Crippen molar-refractivity contribution in [1.82, 2.24) is 9.55 Å². The van der Waals surface area contributed by atoms with Crippen LogP contribution in [0.25, 0.3) is 0 Å². The van der Waals surface area contributed by atoms with Crippen molar-refractivity contribution in [2.24, 2.45) is 0 Å². The first kappa shape index (κ1) is 21.6. The number of benzene rings is 1. The SMILES string of the molecule is Cc1ccncc1NC(=O)c1ccn2c1C(=O)N(c1ccc(C(F)(F)F)c(C)c1)C[C@@H]2C. The van der Waals surface area contributed by atoms with Crippen molar-refractivity contribution in [3.8, 4) is 0 Å². The van der Waals surface area contributed by atoms with E-state index in [1.807, 2.05) is 13.8 Å². The Balaban J connectivity index is 1.68. The number of halogens is 3. The zero-order chi connectivity index (χ0) is 23.2. The standard InChI is InChI=1S/C23H21F3N4O2/c1-13-6-8-27-11-19(13)28-21(31)17-7-9-29-15(3)12-30(22(32)20(17)29)16-4-5-18(14(2)10-16)23(24,25)26/h4-11,15H,12H2,1-3H3,(H,28,31)/t15-/m0/s1. The highest BCUT2D eigenvalue weighted by Gasteiger charge is 2.36. The number of carbonyl (C=O) groups is 2. The summed E-state index contributed by atoms with van der Waals surface area (Å²) in [7, 11) is 0. The molecule has 1 aliphatic heterocycles. The number of hydrogen-bond donors (Lipinski definition) is 1. The minimum atomic E-state index is -4.47. The van der Waals surface area contributed by atoms with Gasteiger partial charge in [0.05, 0.1) is 23.0 Å². The van der Waals surface area contributed by atoms with Crippen LogP contribution in [-0.4, -0.2) is 27.9 Å². The van der Waals surface area contributed by atoms with Crippen molar-refractivity contribution >= 4 is 23.2 Å². The average Bonchev–Trinajstić information content (AvgIpc) is 3.17. The Kier molecular flexibility index (Phi) is 5.28. The number of anilines is 2. The molecule has 6 nitrogen and oxygen atoms in total. The fraction of sp³-hybridized carbons (Fsp3) is 0.261. The summed E-state index contributed by atoms with van der Waals surface area (Å²) in [5.41, 5.74) is 1.38. The molecule has 0 aliphatic carbocycles. The van der Waals surface area contributed by atoms with Crippen molar-refractivity contribution < 1.29 is 22.8 Å². The summed E-state index contributed by atoms with van der Waals surface area (Å²) in [5, 5.41) is 2.78. The minimum absolute atomic E-state index is 0.0291. The van der Waals surface area contributed by atoms with Gasteiger partial charge >= 0.3 is 6.18 Å². The van der Waals surface area contributed by atoms with Crippen LogP contribution in [0, 0.1) is 13.8 Å². The van der Waals surface area contributed by atoms with Crippen LogP contribution in [-0.2, 0) is 6.18 Å². The molecule has 1 atom stereocenters. The van der Waals surface area contributed by atoms with Gasteiger partial charge in [0.2, 0.25) is 0 Å². The normalized spacial score (nSPS) is 16.1. The molecule has 1 aliphatic rings. The van der Waals surface area contributed by atoms with E-state index < -0.39 is 23.6 Å². The lowest BCUT2D eigenvalue weighted by molar-refractivity contribution is -0.138. The third-order valence-corrected chi connectivity index (χ3v) is 5.64. The number of nitrogens with one attached hydrogen (secondary N) is 1. The van der Waals surface area contributed by atoms with Gasteiger partial charge in [-0.1, -0.05) is 0 Å². The van der Waals surface area contributed by atoms with Crippen molar-refractivity contribution in [3.63, 3.8) is 0 Å². The number of carbonyl (C=O) groups excluding carboxylic acids is 2. The van der Waals surface area contributed by atoms with E-state index in [0.29, 0.717) is 11.4 Å². The Morgan fingerprint density at radius 1 is 1.16 bits per heavy atom. The Morgan fingerprint density at radius 3 is 2.56 bits per heavy atom. The minimum Gasteiger partial charge on any atom is -0.338 e. The number of rotatable bonds is 3. The number of aryl methyl sites for hydroxylation is 2. The second-order valence-electron chi connectivity index (χ2n) is 7.89. The third kappa shape index (κ3) is 3.74. The number of pyridine rings is 1. The molecule has 0 saturated carbocycles. The van der Waals surface area contributed by atoms with Gasteiger partial charge in [-0.3, -0.25) is 14.6 Å². The molecule has 0 saturated heterocycles. The van der Waals surface area contributed by atoms with Gasteiger partial charge in [0, 0.05) is 30.7 Å². The zero-order valence-electron chi connectivity index (χ0n) is 17.7. The van der Waals surface area contributed by atoms with E-state index in [4.69, 9.17) is 0 Å². The molecule has 0 radical (unpaired) electrons. The van der Waals surface area contributed by atoms with Crippen molar-refractivity contribution in [2.75, 3.05) is 16.8 Å². The lowest BCUT2D eigenvalue weighted by Gasteiger charge is -2.33. The molecule has 2 amide bonds. The highest BCUT2D eigenvalue weighted by molar-refractivity contribution is 6.16. The van der Waals surface area contributed by atoms with E-state index in [9.17, 15) is 22.8 Å². The van der Waals surface area contributed by atoms with Crippen LogP contribution in [0.1, 0.15) is 50.5 Å². The van der Waals surface area contributed by atoms with Gasteiger partial charge in [-0.2, -0.15) is 13.2 Å². The summed E-state index contributed by atoms with van der Waals surface area (Å²) in [5.74, 6) is -0.902. The maximum atomic E-state index is 13.4. The van der Waals surface area contributed by atoms with E-state index in [1.54, 1.807) is 29.1 Å². The molecule has 3 aromatic rings. The second-order valence-corrected chi connectivity index (χ2v) is 7.89. The lowest BCUT2D eigenvalue weighted by atomic mass is 10.0. The molecule has 1 N–H and O–H groups in total. The molecule has 1 aromatic carbocycles. The van der Waals surface area contributed by atoms with Crippen LogP contribution in [0.4, 0.5) is 24.5 Å². The maximum absolute atomic E-state index is 13.4. The summed E-state index contributed by atoms with van der Waals surface area (Å²) >= 11 is 0. The first-order chi connectivity index (χ1) is 15.1. The van der Waals surface area contributed by atoms with Crippen molar-refractivity contribution in [2.45, 2.75) is 33.0 Å². The molecule has 9 heteroatoms. The predicted molar refractivity (Wildman–Crippen MR) is 114 cm³/mol. The fourth-order valence-electron chi connectivity index (χ4n) is 3.93. The summed E-state index contributed by atoms with van der Waals surface area (Å²) in [6.07, 6.45) is 0.350. The molecule has 3 heterocycles. The number of hydrogen-bond acceptors (Lipinski definition) is 3. The van der Waals surface area contributed by atoms with E-state index >= 15 is 0 Å². The first-order valence-electron chi connectivity index (χ1n) is 10.0. The molecule has 4 rings (SSSR count). The predicted octanol–water partition coefficient (Wildman–Crippen LogP) is 4.99. The summed E-state index contributed by atoms with van der Waals surface area (Å²) < 4.78 is 41.1. The van der Waals surface area contributed by atoms with Gasteiger partial charge in [0.1, 0.15) is 5.69 Å². The Morgan fingerprint density at radius 2 is 1.91 bits per heavy atom. The number of alkyl halides is 3. The zero-order valence-corrected chi connectivity index (χ0v) is 17.7. The maximum Gasteiger partial charge on any atom is 0.416 e. The Bertz CT molecular complexity index is 1220. The van der Waals surface area contributed by atoms with Crippen LogP contribution in [0.5, 0.6) is 0 Å². The average molecular weight is 442 g/mol. The highest BCUT2D eigenvalue weighted by Crippen LogP contribution is 2.35. The molecular formula is C23H21F3N4O2. The molecule has 166 valence electrons. The van der Waals surface area contributed by atoms with Crippen LogP contribution < -0.4 is 10.2 Å². The number of fused-ring (bicyclic) bond motifs is 1. The summed E-state index contributed by atoms with van der Waals surface area (Å²) in [6.45, 7) is 5.34. The van der Waals surface area contributed by atoms with E-state index in [1.165, 1.54) is 30.2 Å². The van der Waals surface area contributed by atoms with Gasteiger partial charge in [0.15, 0.2) is 0 Å². The van der Waals surface area contributed by atoms with E-state index in [-0.39, 0.29) is 29.4 Å².